The van der Waals surface area contributed by atoms with E-state index >= 15 is 0 Å². The van der Waals surface area contributed by atoms with Gasteiger partial charge in [-0.15, -0.1) is 0 Å². The summed E-state index contributed by atoms with van der Waals surface area (Å²) in [5, 5.41) is 0.213. The maximum absolute atomic E-state index is 12.8. The Hall–Kier alpha value is -1.24. The molecule has 88 valence electrons. The standard InChI is InChI=1S/C9H9BrF2N2O2/c1-16-9(15)5-4(2-10)3-14-8(13)6(5)7(11)12/h3,7H,2H2,1H3,(H2,13,14). The van der Waals surface area contributed by atoms with Gasteiger partial charge in [-0.1, -0.05) is 15.9 Å². The molecule has 2 N–H and O–H groups in total. The second-order valence-electron chi connectivity index (χ2n) is 2.88. The van der Waals surface area contributed by atoms with E-state index in [0.29, 0.717) is 5.56 Å². The van der Waals surface area contributed by atoms with Gasteiger partial charge in [0, 0.05) is 11.5 Å². The van der Waals surface area contributed by atoms with Crippen LogP contribution in [-0.4, -0.2) is 18.1 Å². The average molecular weight is 295 g/mol. The molecule has 1 rings (SSSR count). The maximum atomic E-state index is 12.8. The van der Waals surface area contributed by atoms with Gasteiger partial charge in [-0.2, -0.15) is 0 Å². The number of carbonyl (C=O) groups excluding carboxylic acids is 1. The van der Waals surface area contributed by atoms with E-state index in [9.17, 15) is 13.6 Å². The number of rotatable bonds is 3. The molecular formula is C9H9BrF2N2O2. The van der Waals surface area contributed by atoms with E-state index in [1.165, 1.54) is 6.20 Å². The molecule has 0 atom stereocenters. The van der Waals surface area contributed by atoms with Crippen molar-refractivity contribution in [2.24, 2.45) is 0 Å². The van der Waals surface area contributed by atoms with Crippen LogP contribution in [0.4, 0.5) is 14.6 Å². The number of nitrogen functional groups attached to an aromatic ring is 1. The van der Waals surface area contributed by atoms with Crippen LogP contribution in [0.15, 0.2) is 6.20 Å². The molecule has 1 aromatic heterocycles. The molecule has 0 aliphatic heterocycles. The van der Waals surface area contributed by atoms with Crippen LogP contribution in [0.1, 0.15) is 27.9 Å². The zero-order valence-electron chi connectivity index (χ0n) is 8.34. The smallest absolute Gasteiger partial charge is 0.338 e. The van der Waals surface area contributed by atoms with Gasteiger partial charge in [0.1, 0.15) is 5.82 Å². The fourth-order valence-corrected chi connectivity index (χ4v) is 1.67. The van der Waals surface area contributed by atoms with Gasteiger partial charge in [0.2, 0.25) is 0 Å². The number of ether oxygens (including phenoxy) is 1. The summed E-state index contributed by atoms with van der Waals surface area (Å²) >= 11 is 3.08. The summed E-state index contributed by atoms with van der Waals surface area (Å²) in [5.74, 6) is -1.21. The Balaban J connectivity index is 3.48. The molecule has 0 radical (unpaired) electrons. The van der Waals surface area contributed by atoms with E-state index in [-0.39, 0.29) is 16.7 Å². The molecule has 0 fully saturated rings. The first-order chi connectivity index (χ1) is 7.52. The van der Waals surface area contributed by atoms with E-state index in [4.69, 9.17) is 5.73 Å². The van der Waals surface area contributed by atoms with Gasteiger partial charge >= 0.3 is 5.97 Å². The second kappa shape index (κ2) is 5.20. The first kappa shape index (κ1) is 12.8. The Morgan fingerprint density at radius 3 is 2.75 bits per heavy atom. The van der Waals surface area contributed by atoms with E-state index in [2.05, 4.69) is 25.7 Å². The lowest BCUT2D eigenvalue weighted by Crippen LogP contribution is -2.13. The molecular weight excluding hydrogens is 286 g/mol. The average Bonchev–Trinajstić information content (AvgIpc) is 2.27. The van der Waals surface area contributed by atoms with Gasteiger partial charge in [0.05, 0.1) is 18.2 Å². The molecule has 16 heavy (non-hydrogen) atoms. The van der Waals surface area contributed by atoms with Crippen LogP contribution in [0.5, 0.6) is 0 Å². The molecule has 0 aliphatic carbocycles. The monoisotopic (exact) mass is 294 g/mol. The van der Waals surface area contributed by atoms with Crippen molar-refractivity contribution in [2.45, 2.75) is 11.8 Å². The van der Waals surface area contributed by atoms with Crippen molar-refractivity contribution in [3.05, 3.63) is 22.9 Å². The lowest BCUT2D eigenvalue weighted by Gasteiger charge is -2.12. The highest BCUT2D eigenvalue weighted by Crippen LogP contribution is 2.30. The van der Waals surface area contributed by atoms with Crippen molar-refractivity contribution in [3.63, 3.8) is 0 Å². The number of anilines is 1. The molecule has 0 saturated heterocycles. The lowest BCUT2D eigenvalue weighted by molar-refractivity contribution is 0.0588. The molecule has 4 nitrogen and oxygen atoms in total. The third kappa shape index (κ3) is 2.29. The van der Waals surface area contributed by atoms with Gasteiger partial charge in [-0.05, 0) is 5.56 Å². The Bertz CT molecular complexity index is 413. The third-order valence-corrected chi connectivity index (χ3v) is 2.58. The van der Waals surface area contributed by atoms with Crippen molar-refractivity contribution < 1.29 is 18.3 Å². The highest BCUT2D eigenvalue weighted by molar-refractivity contribution is 9.08. The minimum atomic E-state index is -2.87. The van der Waals surface area contributed by atoms with Gasteiger partial charge in [-0.25, -0.2) is 18.6 Å². The number of alkyl halides is 3. The molecule has 1 heterocycles. The molecule has 1 aromatic rings. The Labute approximate surface area is 98.9 Å². The zero-order chi connectivity index (χ0) is 12.3. The summed E-state index contributed by atoms with van der Waals surface area (Å²) in [7, 11) is 1.12. The number of aromatic nitrogens is 1. The number of halogens is 3. The minimum absolute atomic E-state index is 0.213. The van der Waals surface area contributed by atoms with E-state index < -0.39 is 18.0 Å². The maximum Gasteiger partial charge on any atom is 0.338 e. The summed E-state index contributed by atoms with van der Waals surface area (Å²) in [6.45, 7) is 0. The largest absolute Gasteiger partial charge is 0.465 e. The first-order valence-electron chi connectivity index (χ1n) is 4.22. The summed E-state index contributed by atoms with van der Waals surface area (Å²) in [6.07, 6.45) is -1.61. The van der Waals surface area contributed by atoms with E-state index in [1.54, 1.807) is 0 Å². The van der Waals surface area contributed by atoms with Crippen LogP contribution in [0, 0.1) is 0 Å². The number of nitrogens with zero attached hydrogens (tertiary/aromatic N) is 1. The van der Waals surface area contributed by atoms with Crippen molar-refractivity contribution in [3.8, 4) is 0 Å². The number of esters is 1. The summed E-state index contributed by atoms with van der Waals surface area (Å²) in [5.41, 5.74) is 4.84. The van der Waals surface area contributed by atoms with Gasteiger partial charge < -0.3 is 10.5 Å². The number of pyridine rings is 1. The normalized spacial score (nSPS) is 10.6. The first-order valence-corrected chi connectivity index (χ1v) is 5.34. The Morgan fingerprint density at radius 1 is 1.69 bits per heavy atom. The number of methoxy groups -OCH3 is 1. The van der Waals surface area contributed by atoms with Crippen molar-refractivity contribution in [1.29, 1.82) is 0 Å². The molecule has 0 aromatic carbocycles. The predicted molar refractivity (Wildman–Crippen MR) is 57.6 cm³/mol. The Kier molecular flexibility index (Phi) is 4.17. The van der Waals surface area contributed by atoms with E-state index in [0.717, 1.165) is 7.11 Å². The summed E-state index contributed by atoms with van der Waals surface area (Å²) < 4.78 is 30.0. The number of nitrogens with two attached hydrogens (primary N) is 1. The zero-order valence-corrected chi connectivity index (χ0v) is 9.92. The highest BCUT2D eigenvalue weighted by Gasteiger charge is 2.25. The Morgan fingerprint density at radius 2 is 2.31 bits per heavy atom. The number of hydrogen-bond donors (Lipinski definition) is 1. The van der Waals surface area contributed by atoms with Crippen molar-refractivity contribution in [2.75, 3.05) is 12.8 Å². The predicted octanol–water partition coefficient (Wildman–Crippen LogP) is 2.28. The third-order valence-electron chi connectivity index (χ3n) is 1.98. The van der Waals surface area contributed by atoms with Crippen LogP contribution >= 0.6 is 15.9 Å². The number of hydrogen-bond acceptors (Lipinski definition) is 4. The highest BCUT2D eigenvalue weighted by atomic mass is 79.9. The van der Waals surface area contributed by atoms with Crippen LogP contribution in [0.3, 0.4) is 0 Å². The van der Waals surface area contributed by atoms with Crippen molar-refractivity contribution in [1.82, 2.24) is 4.98 Å². The van der Waals surface area contributed by atoms with Gasteiger partial charge in [0.25, 0.3) is 6.43 Å². The lowest BCUT2D eigenvalue weighted by atomic mass is 10.0. The van der Waals surface area contributed by atoms with Crippen LogP contribution in [0.2, 0.25) is 0 Å². The van der Waals surface area contributed by atoms with Crippen LogP contribution in [-0.2, 0) is 10.1 Å². The quantitative estimate of drug-likeness (QED) is 0.686. The fourth-order valence-electron chi connectivity index (χ4n) is 1.25. The molecule has 7 heteroatoms. The molecule has 0 spiro atoms. The SMILES string of the molecule is COC(=O)c1c(CBr)cnc(N)c1C(F)F. The van der Waals surface area contributed by atoms with Crippen LogP contribution < -0.4 is 5.73 Å². The second-order valence-corrected chi connectivity index (χ2v) is 3.44. The minimum Gasteiger partial charge on any atom is -0.465 e. The molecule has 0 amide bonds. The van der Waals surface area contributed by atoms with Crippen LogP contribution in [0.25, 0.3) is 0 Å². The van der Waals surface area contributed by atoms with Crippen molar-refractivity contribution >= 4 is 27.7 Å². The topological polar surface area (TPSA) is 65.2 Å². The van der Waals surface area contributed by atoms with Gasteiger partial charge in [0.15, 0.2) is 0 Å². The van der Waals surface area contributed by atoms with Gasteiger partial charge in [-0.3, -0.25) is 0 Å². The molecule has 0 aliphatic rings. The fraction of sp³-hybridized carbons (Fsp3) is 0.333. The molecule has 0 unspecified atom stereocenters. The summed E-state index contributed by atoms with van der Waals surface area (Å²) in [4.78, 5) is 15.0. The number of carbonyl (C=O) groups is 1. The molecule has 0 saturated carbocycles. The molecule has 0 bridgehead atoms. The van der Waals surface area contributed by atoms with E-state index in [1.807, 2.05) is 0 Å². The summed E-state index contributed by atoms with van der Waals surface area (Å²) in [6, 6.07) is 0.